The van der Waals surface area contributed by atoms with Gasteiger partial charge in [-0.2, -0.15) is 0 Å². The lowest BCUT2D eigenvalue weighted by Gasteiger charge is -2.32. The van der Waals surface area contributed by atoms with E-state index in [4.69, 9.17) is 4.74 Å². The molecule has 0 saturated heterocycles. The van der Waals surface area contributed by atoms with Crippen molar-refractivity contribution >= 4 is 0 Å². The van der Waals surface area contributed by atoms with Gasteiger partial charge in [-0.1, -0.05) is 12.8 Å². The molecule has 0 radical (unpaired) electrons. The molecule has 2 atom stereocenters. The highest BCUT2D eigenvalue weighted by molar-refractivity contribution is 4.83. The maximum absolute atomic E-state index is 9.79. The van der Waals surface area contributed by atoms with Gasteiger partial charge in [0.1, 0.15) is 0 Å². The average molecular weight is 215 g/mol. The molecule has 0 spiro atoms. The summed E-state index contributed by atoms with van der Waals surface area (Å²) in [7, 11) is 0. The molecule has 0 aromatic carbocycles. The summed E-state index contributed by atoms with van der Waals surface area (Å²) in [6.07, 6.45) is 4.24. The van der Waals surface area contributed by atoms with Crippen LogP contribution in [-0.2, 0) is 4.74 Å². The van der Waals surface area contributed by atoms with E-state index < -0.39 is 0 Å². The third-order valence-electron chi connectivity index (χ3n) is 3.05. The Morgan fingerprint density at radius 1 is 1.33 bits per heavy atom. The molecule has 0 amide bonds. The predicted molar refractivity (Wildman–Crippen MR) is 62.0 cm³/mol. The first-order valence-electron chi connectivity index (χ1n) is 6.10. The zero-order chi connectivity index (χ0) is 11.3. The van der Waals surface area contributed by atoms with Gasteiger partial charge in [0.15, 0.2) is 0 Å². The van der Waals surface area contributed by atoms with Crippen molar-refractivity contribution in [2.45, 2.75) is 64.2 Å². The van der Waals surface area contributed by atoms with Crippen LogP contribution < -0.4 is 5.32 Å². The van der Waals surface area contributed by atoms with E-state index in [-0.39, 0.29) is 17.7 Å². The predicted octanol–water partition coefficient (Wildman–Crippen LogP) is 1.69. The lowest BCUT2D eigenvalue weighted by Crippen LogP contribution is -2.48. The minimum absolute atomic E-state index is 0.133. The first-order valence-corrected chi connectivity index (χ1v) is 6.10. The summed E-state index contributed by atoms with van der Waals surface area (Å²) in [5, 5.41) is 13.2. The zero-order valence-corrected chi connectivity index (χ0v) is 10.3. The van der Waals surface area contributed by atoms with Gasteiger partial charge in [0.05, 0.1) is 11.7 Å². The van der Waals surface area contributed by atoms with Gasteiger partial charge in [-0.15, -0.1) is 0 Å². The van der Waals surface area contributed by atoms with Crippen molar-refractivity contribution in [2.24, 2.45) is 0 Å². The van der Waals surface area contributed by atoms with E-state index in [2.05, 4.69) is 19.2 Å². The van der Waals surface area contributed by atoms with E-state index >= 15 is 0 Å². The monoisotopic (exact) mass is 215 g/mol. The molecule has 0 aromatic rings. The molecule has 2 unspecified atom stereocenters. The second-order valence-corrected chi connectivity index (χ2v) is 5.03. The fourth-order valence-electron chi connectivity index (χ4n) is 2.17. The van der Waals surface area contributed by atoms with Gasteiger partial charge in [-0.05, 0) is 33.6 Å². The first-order chi connectivity index (χ1) is 7.05. The smallest absolute Gasteiger partial charge is 0.0750 e. The maximum Gasteiger partial charge on any atom is 0.0750 e. The van der Waals surface area contributed by atoms with Crippen LogP contribution in [0.3, 0.4) is 0 Å². The normalized spacial score (nSPS) is 28.0. The number of aliphatic hydroxyl groups is 1. The highest BCUT2D eigenvalue weighted by Gasteiger charge is 2.25. The molecule has 1 rings (SSSR count). The van der Waals surface area contributed by atoms with E-state index in [1.165, 1.54) is 6.42 Å². The SMILES string of the molecule is CCOC(C)(C)CNC1CCCCC1O. The van der Waals surface area contributed by atoms with Gasteiger partial charge in [0, 0.05) is 19.2 Å². The lowest BCUT2D eigenvalue weighted by atomic mass is 9.92. The third kappa shape index (κ3) is 4.49. The standard InChI is InChI=1S/C12H25NO2/c1-4-15-12(2,3)9-13-10-7-5-6-8-11(10)14/h10-11,13-14H,4-9H2,1-3H3. The van der Waals surface area contributed by atoms with Crippen molar-refractivity contribution in [2.75, 3.05) is 13.2 Å². The molecule has 0 bridgehead atoms. The molecule has 1 aliphatic carbocycles. The topological polar surface area (TPSA) is 41.5 Å². The Morgan fingerprint density at radius 2 is 2.00 bits per heavy atom. The average Bonchev–Trinajstić information content (AvgIpc) is 2.16. The Kier molecular flexibility index (Phi) is 5.03. The van der Waals surface area contributed by atoms with E-state index in [0.717, 1.165) is 32.4 Å². The van der Waals surface area contributed by atoms with E-state index in [9.17, 15) is 5.11 Å². The fraction of sp³-hybridized carbons (Fsp3) is 1.00. The Hall–Kier alpha value is -0.120. The molecule has 3 nitrogen and oxygen atoms in total. The van der Waals surface area contributed by atoms with Gasteiger partial charge in [0.2, 0.25) is 0 Å². The Labute approximate surface area is 93.2 Å². The van der Waals surface area contributed by atoms with Crippen LogP contribution in [0.5, 0.6) is 0 Å². The van der Waals surface area contributed by atoms with Crippen LogP contribution in [-0.4, -0.2) is 36.0 Å². The van der Waals surface area contributed by atoms with Crippen LogP contribution in [0.4, 0.5) is 0 Å². The molecule has 0 aliphatic heterocycles. The number of aliphatic hydroxyl groups excluding tert-OH is 1. The number of rotatable bonds is 5. The highest BCUT2D eigenvalue weighted by atomic mass is 16.5. The molecule has 1 saturated carbocycles. The third-order valence-corrected chi connectivity index (χ3v) is 3.05. The van der Waals surface area contributed by atoms with Crippen LogP contribution in [0.25, 0.3) is 0 Å². The highest BCUT2D eigenvalue weighted by Crippen LogP contribution is 2.19. The van der Waals surface area contributed by atoms with Crippen LogP contribution in [0, 0.1) is 0 Å². The lowest BCUT2D eigenvalue weighted by molar-refractivity contribution is -0.0166. The minimum atomic E-state index is -0.170. The minimum Gasteiger partial charge on any atom is -0.392 e. The number of hydrogen-bond acceptors (Lipinski definition) is 3. The number of nitrogens with one attached hydrogen (secondary N) is 1. The molecular weight excluding hydrogens is 190 g/mol. The zero-order valence-electron chi connectivity index (χ0n) is 10.3. The molecule has 15 heavy (non-hydrogen) atoms. The Balaban J connectivity index is 2.28. The van der Waals surface area contributed by atoms with E-state index in [1.54, 1.807) is 0 Å². The van der Waals surface area contributed by atoms with Crippen LogP contribution in [0.1, 0.15) is 46.5 Å². The van der Waals surface area contributed by atoms with Gasteiger partial charge in [-0.3, -0.25) is 0 Å². The van der Waals surface area contributed by atoms with Crippen molar-refractivity contribution in [3.05, 3.63) is 0 Å². The Morgan fingerprint density at radius 3 is 2.60 bits per heavy atom. The molecule has 0 aromatic heterocycles. The van der Waals surface area contributed by atoms with Crippen molar-refractivity contribution in [1.29, 1.82) is 0 Å². The molecule has 3 heteroatoms. The molecule has 1 fully saturated rings. The largest absolute Gasteiger partial charge is 0.392 e. The van der Waals surface area contributed by atoms with Gasteiger partial charge in [-0.25, -0.2) is 0 Å². The van der Waals surface area contributed by atoms with Crippen molar-refractivity contribution < 1.29 is 9.84 Å². The van der Waals surface area contributed by atoms with E-state index in [0.29, 0.717) is 0 Å². The summed E-state index contributed by atoms with van der Waals surface area (Å²) >= 11 is 0. The van der Waals surface area contributed by atoms with Crippen molar-refractivity contribution in [3.63, 3.8) is 0 Å². The second-order valence-electron chi connectivity index (χ2n) is 5.03. The molecule has 1 aliphatic rings. The van der Waals surface area contributed by atoms with Crippen molar-refractivity contribution in [1.82, 2.24) is 5.32 Å². The maximum atomic E-state index is 9.79. The summed E-state index contributed by atoms with van der Waals surface area (Å²) in [5.41, 5.74) is -0.133. The summed E-state index contributed by atoms with van der Waals surface area (Å²) in [5.74, 6) is 0. The first kappa shape index (κ1) is 12.9. The molecule has 90 valence electrons. The van der Waals surface area contributed by atoms with Crippen LogP contribution >= 0.6 is 0 Å². The summed E-state index contributed by atoms with van der Waals surface area (Å²) in [6.45, 7) is 7.72. The summed E-state index contributed by atoms with van der Waals surface area (Å²) < 4.78 is 5.61. The quantitative estimate of drug-likeness (QED) is 0.733. The van der Waals surface area contributed by atoms with Gasteiger partial charge in [0.25, 0.3) is 0 Å². The second kappa shape index (κ2) is 5.83. The molecule has 2 N–H and O–H groups in total. The van der Waals surface area contributed by atoms with Crippen LogP contribution in [0.2, 0.25) is 0 Å². The molecular formula is C12H25NO2. The van der Waals surface area contributed by atoms with E-state index in [1.807, 2.05) is 6.92 Å². The summed E-state index contributed by atoms with van der Waals surface area (Å²) in [4.78, 5) is 0. The fourth-order valence-corrected chi connectivity index (χ4v) is 2.17. The van der Waals surface area contributed by atoms with Gasteiger partial charge < -0.3 is 15.2 Å². The van der Waals surface area contributed by atoms with Crippen LogP contribution in [0.15, 0.2) is 0 Å². The number of ether oxygens (including phenoxy) is 1. The summed E-state index contributed by atoms with van der Waals surface area (Å²) in [6, 6.07) is 0.262. The van der Waals surface area contributed by atoms with Crippen molar-refractivity contribution in [3.8, 4) is 0 Å². The number of hydrogen-bond donors (Lipinski definition) is 2. The molecule has 0 heterocycles. The Bertz CT molecular complexity index is 182. The van der Waals surface area contributed by atoms with Gasteiger partial charge >= 0.3 is 0 Å².